The van der Waals surface area contributed by atoms with Gasteiger partial charge in [-0.3, -0.25) is 0 Å². The first-order valence-electron chi connectivity index (χ1n) is 6.52. The molecule has 0 aromatic heterocycles. The summed E-state index contributed by atoms with van der Waals surface area (Å²) in [7, 11) is 1.99. The predicted octanol–water partition coefficient (Wildman–Crippen LogP) is 1.28. The zero-order valence-corrected chi connectivity index (χ0v) is 10.2. The number of nitrogens with zero attached hydrogens (tertiary/aromatic N) is 2. The van der Waals surface area contributed by atoms with Gasteiger partial charge in [0.2, 0.25) is 0 Å². The Morgan fingerprint density at radius 2 is 1.75 bits per heavy atom. The number of hydrogen-bond acceptors (Lipinski definition) is 2. The molecular weight excluding hydrogens is 202 g/mol. The van der Waals surface area contributed by atoms with Crippen LogP contribution >= 0.6 is 0 Å². The molecule has 1 atom stereocenters. The summed E-state index contributed by atoms with van der Waals surface area (Å²) in [5, 5.41) is 3.28. The van der Waals surface area contributed by atoms with Gasteiger partial charge in [-0.1, -0.05) is 0 Å². The Labute approximate surface area is 98.0 Å². The highest BCUT2D eigenvalue weighted by Crippen LogP contribution is 2.15. The van der Waals surface area contributed by atoms with Crippen LogP contribution in [0.15, 0.2) is 0 Å². The summed E-state index contributed by atoms with van der Waals surface area (Å²) in [4.78, 5) is 16.3. The Bertz CT molecular complexity index is 238. The van der Waals surface area contributed by atoms with Crippen LogP contribution in [0.4, 0.5) is 4.79 Å². The molecule has 0 saturated carbocycles. The Morgan fingerprint density at radius 3 is 2.44 bits per heavy atom. The smallest absolute Gasteiger partial charge is 0.320 e. The zero-order chi connectivity index (χ0) is 11.4. The first-order valence-corrected chi connectivity index (χ1v) is 6.52. The van der Waals surface area contributed by atoms with E-state index in [-0.39, 0.29) is 6.03 Å². The molecule has 2 fully saturated rings. The van der Waals surface area contributed by atoms with Crippen molar-refractivity contribution in [3.05, 3.63) is 0 Å². The van der Waals surface area contributed by atoms with Crippen molar-refractivity contribution in [2.24, 2.45) is 0 Å². The summed E-state index contributed by atoms with van der Waals surface area (Å²) in [6.45, 7) is 3.73. The highest BCUT2D eigenvalue weighted by Gasteiger charge is 2.26. The fourth-order valence-corrected chi connectivity index (χ4v) is 2.67. The highest BCUT2D eigenvalue weighted by atomic mass is 16.2. The summed E-state index contributed by atoms with van der Waals surface area (Å²) in [6, 6.07) is 0.752. The van der Waals surface area contributed by atoms with Gasteiger partial charge in [0.05, 0.1) is 0 Å². The quantitative estimate of drug-likeness (QED) is 0.729. The van der Waals surface area contributed by atoms with Crippen LogP contribution in [-0.2, 0) is 0 Å². The van der Waals surface area contributed by atoms with Gasteiger partial charge in [0.1, 0.15) is 0 Å². The summed E-state index contributed by atoms with van der Waals surface area (Å²) in [5.41, 5.74) is 0. The second-order valence-corrected chi connectivity index (χ2v) is 4.90. The van der Waals surface area contributed by atoms with Gasteiger partial charge >= 0.3 is 6.03 Å². The molecule has 1 N–H and O–H groups in total. The molecule has 2 aliphatic heterocycles. The summed E-state index contributed by atoms with van der Waals surface area (Å²) < 4.78 is 0. The van der Waals surface area contributed by atoms with Gasteiger partial charge in [0, 0.05) is 32.2 Å². The lowest BCUT2D eigenvalue weighted by molar-refractivity contribution is 0.127. The number of likely N-dealkylation sites (tertiary alicyclic amines) is 2. The molecule has 16 heavy (non-hydrogen) atoms. The van der Waals surface area contributed by atoms with Crippen molar-refractivity contribution >= 4 is 6.03 Å². The highest BCUT2D eigenvalue weighted by molar-refractivity contribution is 5.74. The molecule has 1 unspecified atom stereocenters. The summed E-state index contributed by atoms with van der Waals surface area (Å²) in [5.74, 6) is 0. The molecule has 92 valence electrons. The van der Waals surface area contributed by atoms with Crippen molar-refractivity contribution in [3.8, 4) is 0 Å². The number of amides is 2. The summed E-state index contributed by atoms with van der Waals surface area (Å²) >= 11 is 0. The maximum Gasteiger partial charge on any atom is 0.320 e. The third-order valence-corrected chi connectivity index (χ3v) is 3.73. The van der Waals surface area contributed by atoms with Crippen molar-refractivity contribution in [3.63, 3.8) is 0 Å². The van der Waals surface area contributed by atoms with Crippen molar-refractivity contribution in [1.82, 2.24) is 15.1 Å². The minimum atomic E-state index is 0.264. The van der Waals surface area contributed by atoms with Crippen molar-refractivity contribution in [1.29, 1.82) is 0 Å². The van der Waals surface area contributed by atoms with Gasteiger partial charge in [-0.05, 0) is 39.2 Å². The average molecular weight is 225 g/mol. The van der Waals surface area contributed by atoms with E-state index in [9.17, 15) is 4.79 Å². The largest absolute Gasteiger partial charge is 0.325 e. The van der Waals surface area contributed by atoms with E-state index in [1.54, 1.807) is 0 Å². The van der Waals surface area contributed by atoms with E-state index in [1.807, 2.05) is 16.8 Å². The maximum atomic E-state index is 12.2. The minimum absolute atomic E-state index is 0.264. The third kappa shape index (κ3) is 2.67. The lowest BCUT2D eigenvalue weighted by atomic mass is 10.1. The van der Waals surface area contributed by atoms with Crippen LogP contribution < -0.4 is 5.32 Å². The fraction of sp³-hybridized carbons (Fsp3) is 0.917. The maximum absolute atomic E-state index is 12.2. The summed E-state index contributed by atoms with van der Waals surface area (Å²) in [6.07, 6.45) is 5.96. The average Bonchev–Trinajstić information content (AvgIpc) is 2.39. The van der Waals surface area contributed by atoms with Crippen molar-refractivity contribution in [2.75, 3.05) is 33.2 Å². The second-order valence-electron chi connectivity index (χ2n) is 4.90. The molecule has 0 bridgehead atoms. The van der Waals surface area contributed by atoms with Crippen LogP contribution in [0, 0.1) is 0 Å². The molecule has 2 heterocycles. The van der Waals surface area contributed by atoms with Crippen LogP contribution in [0.25, 0.3) is 0 Å². The number of rotatable bonds is 1. The minimum Gasteiger partial charge on any atom is -0.325 e. The van der Waals surface area contributed by atoms with Gasteiger partial charge in [-0.25, -0.2) is 4.79 Å². The third-order valence-electron chi connectivity index (χ3n) is 3.73. The molecule has 2 saturated heterocycles. The molecule has 2 amide bonds. The van der Waals surface area contributed by atoms with Gasteiger partial charge in [-0.15, -0.1) is 0 Å². The molecule has 2 aliphatic rings. The lowest BCUT2D eigenvalue weighted by Gasteiger charge is -2.37. The number of hydrogen-bond donors (Lipinski definition) is 1. The van der Waals surface area contributed by atoms with Crippen LogP contribution in [0.5, 0.6) is 0 Å². The first-order chi connectivity index (χ1) is 7.81. The van der Waals surface area contributed by atoms with E-state index in [2.05, 4.69) is 5.32 Å². The normalized spacial score (nSPS) is 26.9. The fourth-order valence-electron chi connectivity index (χ4n) is 2.67. The molecule has 0 aromatic rings. The van der Waals surface area contributed by atoms with Crippen LogP contribution in [-0.4, -0.2) is 55.1 Å². The van der Waals surface area contributed by atoms with E-state index in [1.165, 1.54) is 25.7 Å². The topological polar surface area (TPSA) is 35.6 Å². The van der Waals surface area contributed by atoms with E-state index in [4.69, 9.17) is 0 Å². The number of piperidine rings is 2. The van der Waals surface area contributed by atoms with Crippen LogP contribution in [0.2, 0.25) is 0 Å². The molecule has 4 nitrogen and oxygen atoms in total. The Kier molecular flexibility index (Phi) is 4.04. The molecular formula is C12H23N3O. The van der Waals surface area contributed by atoms with Crippen molar-refractivity contribution in [2.45, 2.75) is 38.1 Å². The number of likely N-dealkylation sites (N-methyl/N-ethyl adjacent to an activating group) is 1. The molecule has 4 heteroatoms. The lowest BCUT2D eigenvalue weighted by Crippen LogP contribution is -2.52. The molecule has 0 radical (unpaired) electrons. The van der Waals surface area contributed by atoms with Gasteiger partial charge in [0.15, 0.2) is 0 Å². The number of carbonyl (C=O) groups excluding carboxylic acids is 1. The molecule has 0 spiro atoms. The predicted molar refractivity (Wildman–Crippen MR) is 64.5 cm³/mol. The Hall–Kier alpha value is -0.770. The number of nitrogens with one attached hydrogen (secondary N) is 1. The second kappa shape index (κ2) is 5.53. The monoisotopic (exact) mass is 225 g/mol. The van der Waals surface area contributed by atoms with Gasteiger partial charge < -0.3 is 15.1 Å². The standard InChI is InChI=1S/C12H23N3O/c1-13-11-6-5-9-15(10-11)12(16)14-7-3-2-4-8-14/h11,13H,2-10H2,1H3. The van der Waals surface area contributed by atoms with E-state index >= 15 is 0 Å². The number of carbonyl (C=O) groups is 1. The Balaban J connectivity index is 1.87. The first kappa shape index (κ1) is 11.7. The molecule has 0 aliphatic carbocycles. The van der Waals surface area contributed by atoms with Crippen molar-refractivity contribution < 1.29 is 4.79 Å². The van der Waals surface area contributed by atoms with E-state index in [0.29, 0.717) is 6.04 Å². The van der Waals surface area contributed by atoms with Gasteiger partial charge in [0.25, 0.3) is 0 Å². The number of urea groups is 1. The zero-order valence-electron chi connectivity index (χ0n) is 10.2. The van der Waals surface area contributed by atoms with E-state index in [0.717, 1.165) is 32.6 Å². The van der Waals surface area contributed by atoms with Crippen LogP contribution in [0.1, 0.15) is 32.1 Å². The molecule has 2 rings (SSSR count). The van der Waals surface area contributed by atoms with Gasteiger partial charge in [-0.2, -0.15) is 0 Å². The Morgan fingerprint density at radius 1 is 1.06 bits per heavy atom. The van der Waals surface area contributed by atoms with E-state index < -0.39 is 0 Å². The van der Waals surface area contributed by atoms with Crippen LogP contribution in [0.3, 0.4) is 0 Å². The molecule has 0 aromatic carbocycles. The SMILES string of the molecule is CNC1CCCN(C(=O)N2CCCCC2)C1.